The van der Waals surface area contributed by atoms with Gasteiger partial charge in [0.15, 0.2) is 0 Å². The van der Waals surface area contributed by atoms with Gasteiger partial charge in [0.25, 0.3) is 0 Å². The molecule has 1 unspecified atom stereocenters. The zero-order valence-electron chi connectivity index (χ0n) is 14.9. The molecule has 0 aromatic carbocycles. The van der Waals surface area contributed by atoms with Crippen molar-refractivity contribution >= 4 is 11.9 Å². The molecule has 2 rings (SSSR count). The Morgan fingerprint density at radius 1 is 1.20 bits per heavy atom. The third-order valence-electron chi connectivity index (χ3n) is 3.56. The topological polar surface area (TPSA) is 78.0 Å². The minimum Gasteiger partial charge on any atom is -0.465 e. The average molecular weight is 354 g/mol. The number of esters is 2. The maximum atomic E-state index is 15.5. The summed E-state index contributed by atoms with van der Waals surface area (Å²) in [6.45, 7) is 5.70. The molecule has 0 aliphatic carbocycles. The third-order valence-corrected chi connectivity index (χ3v) is 3.56. The fourth-order valence-electron chi connectivity index (χ4n) is 2.40. The van der Waals surface area contributed by atoms with Crippen LogP contribution in [0.5, 0.6) is 5.88 Å². The highest BCUT2D eigenvalue weighted by atomic mass is 19.2. The molecule has 1 fully saturated rings. The number of carbonyl (C=O) groups is 2. The maximum absolute atomic E-state index is 15.5. The molecule has 0 saturated carbocycles. The summed E-state index contributed by atoms with van der Waals surface area (Å²) < 4.78 is 30.6. The van der Waals surface area contributed by atoms with E-state index in [4.69, 9.17) is 9.47 Å². The van der Waals surface area contributed by atoms with Gasteiger partial charge in [0, 0.05) is 25.4 Å². The van der Waals surface area contributed by atoms with Gasteiger partial charge in [0.1, 0.15) is 5.60 Å². The number of hydrogen-bond donors (Lipinski definition) is 0. The molecule has 0 radical (unpaired) electrons. The largest absolute Gasteiger partial charge is 0.465 e. The Labute approximate surface area is 146 Å². The highest BCUT2D eigenvalue weighted by Crippen LogP contribution is 2.29. The van der Waals surface area contributed by atoms with Crippen molar-refractivity contribution in [3.63, 3.8) is 0 Å². The van der Waals surface area contributed by atoms with E-state index in [1.54, 1.807) is 20.8 Å². The van der Waals surface area contributed by atoms with Gasteiger partial charge in [0.2, 0.25) is 5.88 Å². The molecule has 0 bridgehead atoms. The van der Waals surface area contributed by atoms with E-state index in [2.05, 4.69) is 9.72 Å². The summed E-state index contributed by atoms with van der Waals surface area (Å²) in [5.41, 5.74) is -0.669. The minimum absolute atomic E-state index is 0.132. The van der Waals surface area contributed by atoms with Gasteiger partial charge in [-0.15, -0.1) is 0 Å². The van der Waals surface area contributed by atoms with E-state index in [0.29, 0.717) is 13.1 Å². The molecule has 1 aromatic rings. The van der Waals surface area contributed by atoms with Gasteiger partial charge >= 0.3 is 17.9 Å². The second-order valence-electron chi connectivity index (χ2n) is 6.74. The molecule has 1 saturated heterocycles. The molecular weight excluding hydrogens is 331 g/mol. The Kier molecular flexibility index (Phi) is 5.62. The number of halogens is 1. The van der Waals surface area contributed by atoms with Gasteiger partial charge in [-0.05, 0) is 39.7 Å². The fraction of sp³-hybridized carbons (Fsp3) is 0.588. The van der Waals surface area contributed by atoms with Crippen molar-refractivity contribution in [3.8, 4) is 5.88 Å². The van der Waals surface area contributed by atoms with E-state index in [0.717, 1.165) is 12.8 Å². The number of ether oxygens (including phenoxy) is 3. The van der Waals surface area contributed by atoms with Crippen molar-refractivity contribution in [1.82, 2.24) is 9.88 Å². The zero-order valence-corrected chi connectivity index (χ0v) is 14.9. The minimum atomic E-state index is -2.77. The summed E-state index contributed by atoms with van der Waals surface area (Å²) in [6, 6.07) is 2.69. The van der Waals surface area contributed by atoms with Crippen LogP contribution in [0.1, 0.15) is 44.0 Å². The average Bonchev–Trinajstić information content (AvgIpc) is 3.08. The molecule has 7 nitrogen and oxygen atoms in total. The Hall–Kier alpha value is -2.22. The second-order valence-corrected chi connectivity index (χ2v) is 6.74. The first-order chi connectivity index (χ1) is 11.7. The SMILES string of the molecule is COC(=O)c1ccc(OC(F)(C(=O)OC(C)(C)C)N2CCCC2)nc1. The Balaban J connectivity index is 2.23. The van der Waals surface area contributed by atoms with Crippen LogP contribution in [-0.2, 0) is 14.3 Å². The van der Waals surface area contributed by atoms with Crippen LogP contribution in [0.3, 0.4) is 0 Å². The van der Waals surface area contributed by atoms with Crippen molar-refractivity contribution in [2.45, 2.75) is 45.2 Å². The molecule has 1 aromatic heterocycles. The van der Waals surface area contributed by atoms with Crippen LogP contribution in [0.15, 0.2) is 18.3 Å². The smallest absolute Gasteiger partial charge is 0.411 e. The van der Waals surface area contributed by atoms with E-state index < -0.39 is 23.5 Å². The third kappa shape index (κ3) is 4.66. The Morgan fingerprint density at radius 3 is 2.32 bits per heavy atom. The summed E-state index contributed by atoms with van der Waals surface area (Å²) in [4.78, 5) is 29.0. The number of pyridine rings is 1. The summed E-state index contributed by atoms with van der Waals surface area (Å²) in [5.74, 6) is -4.60. The van der Waals surface area contributed by atoms with Crippen LogP contribution in [0.2, 0.25) is 0 Å². The zero-order chi connectivity index (χ0) is 18.7. The van der Waals surface area contributed by atoms with Gasteiger partial charge in [-0.2, -0.15) is 4.39 Å². The molecule has 1 atom stereocenters. The number of methoxy groups -OCH3 is 1. The van der Waals surface area contributed by atoms with E-state index in [9.17, 15) is 9.59 Å². The summed E-state index contributed by atoms with van der Waals surface area (Å²) in [6.07, 6.45) is 2.71. The number of hydrogen-bond acceptors (Lipinski definition) is 7. The Bertz CT molecular complexity index is 623. The first kappa shape index (κ1) is 19.1. The standard InChI is InChI=1S/C17H23FN2O5/c1-16(2,3)25-15(22)17(18,20-9-5-6-10-20)24-13-8-7-12(11-19-13)14(21)23-4/h7-8,11H,5-6,9-10H2,1-4H3. The number of likely N-dealkylation sites (tertiary alicyclic amines) is 1. The van der Waals surface area contributed by atoms with Crippen molar-refractivity contribution < 1.29 is 28.2 Å². The van der Waals surface area contributed by atoms with E-state index in [1.807, 2.05) is 0 Å². The summed E-state index contributed by atoms with van der Waals surface area (Å²) in [5, 5.41) is 0. The van der Waals surface area contributed by atoms with E-state index >= 15 is 4.39 Å². The lowest BCUT2D eigenvalue weighted by Gasteiger charge is -2.33. The molecule has 138 valence electrons. The van der Waals surface area contributed by atoms with Crippen LogP contribution in [0.25, 0.3) is 0 Å². The van der Waals surface area contributed by atoms with Crippen LogP contribution in [0, 0.1) is 0 Å². The molecule has 0 N–H and O–H groups in total. The van der Waals surface area contributed by atoms with Crippen molar-refractivity contribution in [2.75, 3.05) is 20.2 Å². The molecule has 25 heavy (non-hydrogen) atoms. The van der Waals surface area contributed by atoms with Crippen LogP contribution in [-0.4, -0.2) is 53.6 Å². The van der Waals surface area contributed by atoms with Crippen LogP contribution >= 0.6 is 0 Å². The molecule has 0 spiro atoms. The number of aromatic nitrogens is 1. The molecule has 0 amide bonds. The molecule has 1 aliphatic heterocycles. The molecule has 8 heteroatoms. The second kappa shape index (κ2) is 7.35. The van der Waals surface area contributed by atoms with Crippen molar-refractivity contribution in [1.29, 1.82) is 0 Å². The van der Waals surface area contributed by atoms with E-state index in [-0.39, 0.29) is 11.4 Å². The highest BCUT2D eigenvalue weighted by Gasteiger charge is 2.52. The maximum Gasteiger partial charge on any atom is 0.411 e. The number of carbonyl (C=O) groups excluding carboxylic acids is 2. The quantitative estimate of drug-likeness (QED) is 0.593. The number of nitrogens with zero attached hydrogens (tertiary/aromatic N) is 2. The van der Waals surface area contributed by atoms with Gasteiger partial charge in [-0.25, -0.2) is 19.5 Å². The van der Waals surface area contributed by atoms with Gasteiger partial charge < -0.3 is 14.2 Å². The van der Waals surface area contributed by atoms with E-state index in [1.165, 1.54) is 30.3 Å². The first-order valence-electron chi connectivity index (χ1n) is 8.06. The molecule has 1 aliphatic rings. The monoisotopic (exact) mass is 354 g/mol. The predicted molar refractivity (Wildman–Crippen MR) is 86.7 cm³/mol. The van der Waals surface area contributed by atoms with Crippen LogP contribution < -0.4 is 4.74 Å². The lowest BCUT2D eigenvalue weighted by atomic mass is 10.2. The molecular formula is C17H23FN2O5. The Morgan fingerprint density at radius 2 is 1.84 bits per heavy atom. The molecule has 2 heterocycles. The van der Waals surface area contributed by atoms with Gasteiger partial charge in [0.05, 0.1) is 12.7 Å². The predicted octanol–water partition coefficient (Wildman–Crippen LogP) is 2.31. The van der Waals surface area contributed by atoms with Crippen molar-refractivity contribution in [3.05, 3.63) is 23.9 Å². The fourth-order valence-corrected chi connectivity index (χ4v) is 2.40. The van der Waals surface area contributed by atoms with Gasteiger partial charge in [-0.1, -0.05) is 0 Å². The normalized spacial score (nSPS) is 17.6. The number of rotatable bonds is 5. The van der Waals surface area contributed by atoms with Gasteiger partial charge in [-0.3, -0.25) is 0 Å². The summed E-state index contributed by atoms with van der Waals surface area (Å²) >= 11 is 0. The first-order valence-corrected chi connectivity index (χ1v) is 8.06. The number of alkyl halides is 1. The lowest BCUT2D eigenvalue weighted by molar-refractivity contribution is -0.227. The lowest BCUT2D eigenvalue weighted by Crippen LogP contribution is -2.56. The summed E-state index contributed by atoms with van der Waals surface area (Å²) in [7, 11) is 1.25. The highest BCUT2D eigenvalue weighted by molar-refractivity contribution is 5.88. The van der Waals surface area contributed by atoms with Crippen molar-refractivity contribution in [2.24, 2.45) is 0 Å². The van der Waals surface area contributed by atoms with Crippen LogP contribution in [0.4, 0.5) is 4.39 Å².